The van der Waals surface area contributed by atoms with Crippen molar-refractivity contribution in [1.82, 2.24) is 10.6 Å². The van der Waals surface area contributed by atoms with Crippen molar-refractivity contribution >= 4 is 23.4 Å². The molecule has 114 valence electrons. The maximum absolute atomic E-state index is 12.0. The molecule has 6 heteroatoms. The van der Waals surface area contributed by atoms with Gasteiger partial charge in [-0.15, -0.1) is 6.42 Å². The molecule has 6 nitrogen and oxygen atoms in total. The Labute approximate surface area is 128 Å². The topological polar surface area (TPSA) is 78.5 Å². The Morgan fingerprint density at radius 2 is 2.09 bits per heavy atom. The minimum absolute atomic E-state index is 0.0647. The zero-order valence-corrected chi connectivity index (χ0v) is 12.3. The van der Waals surface area contributed by atoms with Crippen molar-refractivity contribution in [3.05, 3.63) is 29.3 Å². The Hall–Kier alpha value is -2.81. The van der Waals surface area contributed by atoms with Crippen molar-refractivity contribution in [2.24, 2.45) is 0 Å². The van der Waals surface area contributed by atoms with Crippen LogP contribution < -0.4 is 15.5 Å². The van der Waals surface area contributed by atoms with Crippen LogP contribution in [0.3, 0.4) is 0 Å². The van der Waals surface area contributed by atoms with E-state index in [4.69, 9.17) is 6.42 Å². The summed E-state index contributed by atoms with van der Waals surface area (Å²) in [5.74, 6) is 1.67. The van der Waals surface area contributed by atoms with E-state index in [0.717, 1.165) is 11.3 Å². The molecule has 0 radical (unpaired) electrons. The maximum Gasteiger partial charge on any atom is 0.251 e. The lowest BCUT2D eigenvalue weighted by molar-refractivity contribution is -0.120. The van der Waals surface area contributed by atoms with Gasteiger partial charge in [-0.3, -0.25) is 14.4 Å². The summed E-state index contributed by atoms with van der Waals surface area (Å²) in [5, 5.41) is 5.00. The number of nitrogens with one attached hydrogen (secondary N) is 2. The number of amides is 3. The summed E-state index contributed by atoms with van der Waals surface area (Å²) in [7, 11) is 1.72. The number of aryl methyl sites for hydroxylation is 1. The first-order chi connectivity index (χ1) is 10.5. The average molecular weight is 299 g/mol. The second-order valence-corrected chi connectivity index (χ2v) is 4.96. The minimum atomic E-state index is -0.338. The van der Waals surface area contributed by atoms with Gasteiger partial charge < -0.3 is 15.5 Å². The molecule has 0 atom stereocenters. The van der Waals surface area contributed by atoms with Crippen molar-refractivity contribution in [1.29, 1.82) is 0 Å². The molecule has 0 saturated carbocycles. The van der Waals surface area contributed by atoms with Gasteiger partial charge in [0, 0.05) is 24.7 Å². The first kappa shape index (κ1) is 15.6. The van der Waals surface area contributed by atoms with Crippen molar-refractivity contribution in [3.63, 3.8) is 0 Å². The number of carbonyl (C=O) groups excluding carboxylic acids is 3. The third-order valence-electron chi connectivity index (χ3n) is 3.48. The van der Waals surface area contributed by atoms with E-state index in [-0.39, 0.29) is 30.8 Å². The van der Waals surface area contributed by atoms with Crippen molar-refractivity contribution in [2.45, 2.75) is 12.8 Å². The summed E-state index contributed by atoms with van der Waals surface area (Å²) in [6, 6.07) is 5.15. The van der Waals surface area contributed by atoms with Crippen LogP contribution in [0.5, 0.6) is 0 Å². The number of anilines is 1. The molecule has 0 bridgehead atoms. The number of nitrogens with zero attached hydrogens (tertiary/aromatic N) is 1. The standard InChI is InChI=1S/C16H17N3O3/c1-3-8-17-14(20)10-18-16(22)12-4-6-13-11(9-12)5-7-15(21)19(13)2/h1,4,6,9H,5,7-8,10H2,2H3,(H,17,20)(H,18,22). The molecule has 1 heterocycles. The Balaban J connectivity index is 2.01. The number of carbonyl (C=O) groups is 3. The number of fused-ring (bicyclic) bond motifs is 1. The van der Waals surface area contributed by atoms with E-state index >= 15 is 0 Å². The van der Waals surface area contributed by atoms with Crippen molar-refractivity contribution in [3.8, 4) is 12.3 Å². The summed E-state index contributed by atoms with van der Waals surface area (Å²) >= 11 is 0. The van der Waals surface area contributed by atoms with E-state index in [1.54, 1.807) is 30.1 Å². The van der Waals surface area contributed by atoms with Gasteiger partial charge in [-0.05, 0) is 30.2 Å². The summed E-state index contributed by atoms with van der Waals surface area (Å²) < 4.78 is 0. The molecule has 1 aromatic carbocycles. The highest BCUT2D eigenvalue weighted by Gasteiger charge is 2.21. The largest absolute Gasteiger partial charge is 0.344 e. The SMILES string of the molecule is C#CCNC(=O)CNC(=O)c1ccc2c(c1)CCC(=O)N2C. The number of terminal acetylenes is 1. The van der Waals surface area contributed by atoms with Crippen LogP contribution in [0.25, 0.3) is 0 Å². The zero-order valence-electron chi connectivity index (χ0n) is 12.3. The molecule has 3 amide bonds. The summed E-state index contributed by atoms with van der Waals surface area (Å²) in [6.07, 6.45) is 6.08. The lowest BCUT2D eigenvalue weighted by atomic mass is 9.99. The lowest BCUT2D eigenvalue weighted by Crippen LogP contribution is -2.37. The van der Waals surface area contributed by atoms with E-state index < -0.39 is 0 Å². The average Bonchev–Trinajstić information content (AvgIpc) is 2.53. The van der Waals surface area contributed by atoms with Gasteiger partial charge in [-0.25, -0.2) is 0 Å². The van der Waals surface area contributed by atoms with Crippen LogP contribution in [0.4, 0.5) is 5.69 Å². The second kappa shape index (κ2) is 6.76. The highest BCUT2D eigenvalue weighted by molar-refractivity contribution is 5.99. The smallest absolute Gasteiger partial charge is 0.251 e. The minimum Gasteiger partial charge on any atom is -0.344 e. The predicted octanol–water partition coefficient (Wildman–Crippen LogP) is 0.0748. The fourth-order valence-corrected chi connectivity index (χ4v) is 2.27. The molecule has 0 spiro atoms. The number of rotatable bonds is 4. The Bertz CT molecular complexity index is 661. The second-order valence-electron chi connectivity index (χ2n) is 4.96. The quantitative estimate of drug-likeness (QED) is 0.773. The molecule has 0 saturated heterocycles. The Kier molecular flexibility index (Phi) is 4.79. The van der Waals surface area contributed by atoms with Crippen LogP contribution in [-0.2, 0) is 16.0 Å². The third-order valence-corrected chi connectivity index (χ3v) is 3.48. The van der Waals surface area contributed by atoms with Gasteiger partial charge in [0.15, 0.2) is 0 Å². The molecular formula is C16H17N3O3. The molecule has 0 unspecified atom stereocenters. The third kappa shape index (κ3) is 3.44. The molecule has 0 aromatic heterocycles. The molecule has 1 aliphatic heterocycles. The maximum atomic E-state index is 12.0. The lowest BCUT2D eigenvalue weighted by Gasteiger charge is -2.26. The Morgan fingerprint density at radius 1 is 1.32 bits per heavy atom. The first-order valence-electron chi connectivity index (χ1n) is 6.90. The van der Waals surface area contributed by atoms with E-state index in [9.17, 15) is 14.4 Å². The summed E-state index contributed by atoms with van der Waals surface area (Å²) in [5.41, 5.74) is 2.23. The van der Waals surface area contributed by atoms with Crippen LogP contribution in [0.15, 0.2) is 18.2 Å². The normalized spacial score (nSPS) is 13.1. The highest BCUT2D eigenvalue weighted by Crippen LogP contribution is 2.27. The molecular weight excluding hydrogens is 282 g/mol. The van der Waals surface area contributed by atoms with Crippen LogP contribution in [0.2, 0.25) is 0 Å². The van der Waals surface area contributed by atoms with Crippen LogP contribution in [-0.4, -0.2) is 37.9 Å². The van der Waals surface area contributed by atoms with E-state index in [1.807, 2.05) is 0 Å². The van der Waals surface area contributed by atoms with Gasteiger partial charge in [-0.1, -0.05) is 5.92 Å². The molecule has 2 N–H and O–H groups in total. The molecule has 0 aliphatic carbocycles. The van der Waals surface area contributed by atoms with Gasteiger partial charge in [0.1, 0.15) is 0 Å². The van der Waals surface area contributed by atoms with Gasteiger partial charge >= 0.3 is 0 Å². The van der Waals surface area contributed by atoms with Gasteiger partial charge in [0.2, 0.25) is 11.8 Å². The van der Waals surface area contributed by atoms with E-state index in [0.29, 0.717) is 18.4 Å². The zero-order chi connectivity index (χ0) is 16.1. The highest BCUT2D eigenvalue weighted by atomic mass is 16.2. The predicted molar refractivity (Wildman–Crippen MR) is 82.3 cm³/mol. The number of hydrogen-bond acceptors (Lipinski definition) is 3. The molecule has 2 rings (SSSR count). The van der Waals surface area contributed by atoms with Gasteiger partial charge in [0.25, 0.3) is 5.91 Å². The van der Waals surface area contributed by atoms with Crippen molar-refractivity contribution < 1.29 is 14.4 Å². The molecule has 1 aliphatic rings. The molecule has 0 fully saturated rings. The van der Waals surface area contributed by atoms with E-state index in [1.165, 1.54) is 0 Å². The fraction of sp³-hybridized carbons (Fsp3) is 0.312. The van der Waals surface area contributed by atoms with Crippen LogP contribution >= 0.6 is 0 Å². The fourth-order valence-electron chi connectivity index (χ4n) is 2.27. The monoisotopic (exact) mass is 299 g/mol. The van der Waals surface area contributed by atoms with E-state index in [2.05, 4.69) is 16.6 Å². The number of hydrogen-bond donors (Lipinski definition) is 2. The molecule has 22 heavy (non-hydrogen) atoms. The first-order valence-corrected chi connectivity index (χ1v) is 6.90. The van der Waals surface area contributed by atoms with Gasteiger partial charge in [-0.2, -0.15) is 0 Å². The van der Waals surface area contributed by atoms with Crippen LogP contribution in [0.1, 0.15) is 22.3 Å². The molecule has 1 aromatic rings. The summed E-state index contributed by atoms with van der Waals surface area (Å²) in [4.78, 5) is 36.6. The summed E-state index contributed by atoms with van der Waals surface area (Å²) in [6.45, 7) is 0.00387. The van der Waals surface area contributed by atoms with Gasteiger partial charge in [0.05, 0.1) is 13.1 Å². The van der Waals surface area contributed by atoms with Crippen molar-refractivity contribution in [2.75, 3.05) is 25.0 Å². The number of benzene rings is 1. The van der Waals surface area contributed by atoms with Crippen LogP contribution in [0, 0.1) is 12.3 Å². The Morgan fingerprint density at radius 3 is 2.82 bits per heavy atom.